The monoisotopic (exact) mass is 435 g/mol. The summed E-state index contributed by atoms with van der Waals surface area (Å²) in [4.78, 5) is 4.18. The van der Waals surface area contributed by atoms with E-state index in [1.807, 2.05) is 24.5 Å². The molecule has 3 nitrogen and oxygen atoms in total. The van der Waals surface area contributed by atoms with Gasteiger partial charge < -0.3 is 9.47 Å². The minimum Gasteiger partial charge on any atom is -0.493 e. The molecule has 4 rings (SSSR count). The summed E-state index contributed by atoms with van der Waals surface area (Å²) in [5.74, 6) is 1.60. The van der Waals surface area contributed by atoms with Crippen molar-refractivity contribution in [2.24, 2.45) is 0 Å². The highest BCUT2D eigenvalue weighted by Crippen LogP contribution is 2.41. The van der Waals surface area contributed by atoms with Crippen LogP contribution in [-0.2, 0) is 11.8 Å². The highest BCUT2D eigenvalue weighted by molar-refractivity contribution is 5.85. The Bertz CT molecular complexity index is 971. The van der Waals surface area contributed by atoms with Crippen LogP contribution in [0.15, 0.2) is 85.7 Å². The zero-order chi connectivity index (χ0) is 20.8. The Hall–Kier alpha value is -2.78. The van der Waals surface area contributed by atoms with Gasteiger partial charge in [-0.1, -0.05) is 42.5 Å². The molecule has 0 bridgehead atoms. The molecule has 162 valence electrons. The SMILES string of the molecule is C=C[C@](Cc1ccncc1)(c1ccccc1)c1ccc(OC)c(OC2CCCC2)c1.Cl. The predicted octanol–water partition coefficient (Wildman–Crippen LogP) is 6.55. The topological polar surface area (TPSA) is 31.4 Å². The first-order chi connectivity index (χ1) is 14.7. The van der Waals surface area contributed by atoms with E-state index in [9.17, 15) is 0 Å². The van der Waals surface area contributed by atoms with Crippen LogP contribution in [0.25, 0.3) is 0 Å². The molecule has 4 heteroatoms. The molecule has 0 amide bonds. The second-order valence-corrected chi connectivity index (χ2v) is 7.96. The molecule has 2 aromatic carbocycles. The Morgan fingerprint density at radius 3 is 2.32 bits per heavy atom. The van der Waals surface area contributed by atoms with Crippen LogP contribution in [0.2, 0.25) is 0 Å². The summed E-state index contributed by atoms with van der Waals surface area (Å²) in [6.45, 7) is 4.27. The molecule has 0 spiro atoms. The van der Waals surface area contributed by atoms with E-state index in [1.165, 1.54) is 24.0 Å². The number of pyridine rings is 1. The van der Waals surface area contributed by atoms with E-state index in [0.717, 1.165) is 36.3 Å². The van der Waals surface area contributed by atoms with Crippen molar-refractivity contribution < 1.29 is 9.47 Å². The second kappa shape index (κ2) is 10.5. The van der Waals surface area contributed by atoms with Crippen LogP contribution in [0.4, 0.5) is 0 Å². The smallest absolute Gasteiger partial charge is 0.161 e. The number of hydrogen-bond acceptors (Lipinski definition) is 3. The average Bonchev–Trinajstić information content (AvgIpc) is 3.32. The Morgan fingerprint density at radius 1 is 0.968 bits per heavy atom. The summed E-state index contributed by atoms with van der Waals surface area (Å²) in [5, 5.41) is 0. The van der Waals surface area contributed by atoms with Crippen molar-refractivity contribution in [3.05, 3.63) is 102 Å². The van der Waals surface area contributed by atoms with Gasteiger partial charge in [0, 0.05) is 17.8 Å². The number of rotatable bonds is 8. The second-order valence-electron chi connectivity index (χ2n) is 7.96. The third kappa shape index (κ3) is 4.94. The highest BCUT2D eigenvalue weighted by Gasteiger charge is 2.32. The van der Waals surface area contributed by atoms with Gasteiger partial charge in [0.1, 0.15) is 0 Å². The van der Waals surface area contributed by atoms with E-state index in [-0.39, 0.29) is 23.9 Å². The fraction of sp³-hybridized carbons (Fsp3) is 0.296. The van der Waals surface area contributed by atoms with E-state index >= 15 is 0 Å². The molecular weight excluding hydrogens is 406 g/mol. The van der Waals surface area contributed by atoms with Gasteiger partial charge in [-0.05, 0) is 73.1 Å². The molecule has 0 aliphatic heterocycles. The maximum Gasteiger partial charge on any atom is 0.161 e. The van der Waals surface area contributed by atoms with Crippen LogP contribution in [0.3, 0.4) is 0 Å². The summed E-state index contributed by atoms with van der Waals surface area (Å²) in [6.07, 6.45) is 11.5. The summed E-state index contributed by atoms with van der Waals surface area (Å²) in [6, 6.07) is 21.0. The van der Waals surface area contributed by atoms with Crippen molar-refractivity contribution in [2.75, 3.05) is 7.11 Å². The van der Waals surface area contributed by atoms with Crippen molar-refractivity contribution in [1.82, 2.24) is 4.98 Å². The molecular formula is C27H30ClNO2. The lowest BCUT2D eigenvalue weighted by atomic mass is 9.70. The summed E-state index contributed by atoms with van der Waals surface area (Å²) in [7, 11) is 1.70. The van der Waals surface area contributed by atoms with E-state index < -0.39 is 0 Å². The average molecular weight is 436 g/mol. The third-order valence-corrected chi connectivity index (χ3v) is 6.14. The Balaban J connectivity index is 0.00000272. The number of benzene rings is 2. The van der Waals surface area contributed by atoms with E-state index in [4.69, 9.17) is 9.47 Å². The lowest BCUT2D eigenvalue weighted by molar-refractivity contribution is 0.200. The molecule has 1 aliphatic carbocycles. The lowest BCUT2D eigenvalue weighted by Crippen LogP contribution is -2.28. The molecule has 0 radical (unpaired) electrons. The maximum absolute atomic E-state index is 6.39. The summed E-state index contributed by atoms with van der Waals surface area (Å²) >= 11 is 0. The van der Waals surface area contributed by atoms with Crippen LogP contribution in [0, 0.1) is 0 Å². The standard InChI is InChI=1S/C27H29NO2.ClH/c1-3-27(22-9-5-4-6-10-22,20-21-15-17-28-18-16-21)23-13-14-25(29-2)26(19-23)30-24-11-7-8-12-24;/h3-6,9-10,13-19,24H,1,7-8,11-12,20H2,2H3;1H/t27-;/m0./s1. The fourth-order valence-electron chi connectivity index (χ4n) is 4.47. The van der Waals surface area contributed by atoms with Crippen molar-refractivity contribution in [3.8, 4) is 11.5 Å². The minimum absolute atomic E-state index is 0. The quantitative estimate of drug-likeness (QED) is 0.376. The van der Waals surface area contributed by atoms with Gasteiger partial charge in [0.2, 0.25) is 0 Å². The zero-order valence-corrected chi connectivity index (χ0v) is 18.8. The van der Waals surface area contributed by atoms with Gasteiger partial charge in [0.05, 0.1) is 13.2 Å². The Labute approximate surface area is 191 Å². The van der Waals surface area contributed by atoms with Gasteiger partial charge in [0.25, 0.3) is 0 Å². The van der Waals surface area contributed by atoms with Gasteiger partial charge in [-0.25, -0.2) is 0 Å². The first-order valence-electron chi connectivity index (χ1n) is 10.7. The van der Waals surface area contributed by atoms with E-state index in [1.54, 1.807) is 7.11 Å². The Morgan fingerprint density at radius 2 is 1.68 bits per heavy atom. The molecule has 0 N–H and O–H groups in total. The molecule has 1 aliphatic rings. The lowest BCUT2D eigenvalue weighted by Gasteiger charge is -2.33. The Kier molecular flexibility index (Phi) is 7.75. The molecule has 0 saturated heterocycles. The normalized spacial score (nSPS) is 15.5. The number of ether oxygens (including phenoxy) is 2. The molecule has 1 heterocycles. The zero-order valence-electron chi connectivity index (χ0n) is 18.0. The van der Waals surface area contributed by atoms with Gasteiger partial charge in [-0.3, -0.25) is 4.98 Å². The van der Waals surface area contributed by atoms with Gasteiger partial charge in [-0.2, -0.15) is 0 Å². The number of allylic oxidation sites excluding steroid dienone is 1. The minimum atomic E-state index is -0.386. The molecule has 3 aromatic rings. The number of halogens is 1. The largest absolute Gasteiger partial charge is 0.493 e. The number of aromatic nitrogens is 1. The van der Waals surface area contributed by atoms with Crippen LogP contribution in [0.1, 0.15) is 42.4 Å². The molecule has 1 atom stereocenters. The van der Waals surface area contributed by atoms with Gasteiger partial charge in [0.15, 0.2) is 11.5 Å². The van der Waals surface area contributed by atoms with Crippen molar-refractivity contribution in [3.63, 3.8) is 0 Å². The third-order valence-electron chi connectivity index (χ3n) is 6.14. The van der Waals surface area contributed by atoms with E-state index in [2.05, 4.69) is 66.2 Å². The molecule has 31 heavy (non-hydrogen) atoms. The summed E-state index contributed by atoms with van der Waals surface area (Å²) < 4.78 is 12.0. The van der Waals surface area contributed by atoms with Gasteiger partial charge in [-0.15, -0.1) is 19.0 Å². The number of nitrogens with zero attached hydrogens (tertiary/aromatic N) is 1. The maximum atomic E-state index is 6.39. The predicted molar refractivity (Wildman–Crippen MR) is 128 cm³/mol. The van der Waals surface area contributed by atoms with Crippen LogP contribution >= 0.6 is 12.4 Å². The number of methoxy groups -OCH3 is 1. The van der Waals surface area contributed by atoms with Crippen LogP contribution < -0.4 is 9.47 Å². The van der Waals surface area contributed by atoms with Gasteiger partial charge >= 0.3 is 0 Å². The highest BCUT2D eigenvalue weighted by atomic mass is 35.5. The van der Waals surface area contributed by atoms with E-state index in [0.29, 0.717) is 0 Å². The first kappa shape index (κ1) is 22.9. The fourth-order valence-corrected chi connectivity index (χ4v) is 4.47. The van der Waals surface area contributed by atoms with Crippen molar-refractivity contribution in [2.45, 2.75) is 43.6 Å². The number of hydrogen-bond donors (Lipinski definition) is 0. The van der Waals surface area contributed by atoms with Crippen molar-refractivity contribution in [1.29, 1.82) is 0 Å². The summed E-state index contributed by atoms with van der Waals surface area (Å²) in [5.41, 5.74) is 3.17. The van der Waals surface area contributed by atoms with Crippen LogP contribution in [0.5, 0.6) is 11.5 Å². The van der Waals surface area contributed by atoms with Crippen molar-refractivity contribution >= 4 is 12.4 Å². The van der Waals surface area contributed by atoms with Crippen LogP contribution in [-0.4, -0.2) is 18.2 Å². The molecule has 1 saturated carbocycles. The molecule has 1 fully saturated rings. The molecule has 0 unspecified atom stereocenters. The first-order valence-corrected chi connectivity index (χ1v) is 10.7. The molecule has 1 aromatic heterocycles.